The molecule has 1 amide bonds. The highest BCUT2D eigenvalue weighted by atomic mass is 35.5. The Morgan fingerprint density at radius 1 is 1.30 bits per heavy atom. The number of hydrogen-bond acceptors (Lipinski definition) is 7. The number of nitrogens with one attached hydrogen (secondary N) is 1. The normalized spacial score (nSPS) is 10.7. The Morgan fingerprint density at radius 2 is 2.07 bits per heavy atom. The van der Waals surface area contributed by atoms with Crippen LogP contribution in [0.4, 0.5) is 5.69 Å². The number of hydrogen-bond donors (Lipinski definition) is 1. The van der Waals surface area contributed by atoms with Crippen molar-refractivity contribution in [2.24, 2.45) is 7.05 Å². The first-order valence-electron chi connectivity index (χ1n) is 7.81. The van der Waals surface area contributed by atoms with Crippen LogP contribution in [-0.4, -0.2) is 40.6 Å². The number of anilines is 1. The third-order valence-corrected chi connectivity index (χ3v) is 4.97. The molecule has 0 saturated heterocycles. The van der Waals surface area contributed by atoms with Gasteiger partial charge in [-0.25, -0.2) is 0 Å². The van der Waals surface area contributed by atoms with Gasteiger partial charge in [0, 0.05) is 19.2 Å². The minimum absolute atomic E-state index is 0.137. The van der Waals surface area contributed by atoms with Crippen molar-refractivity contribution in [1.29, 1.82) is 0 Å². The molecule has 2 aromatic heterocycles. The lowest BCUT2D eigenvalue weighted by Gasteiger charge is -2.13. The zero-order chi connectivity index (χ0) is 19.4. The van der Waals surface area contributed by atoms with Crippen molar-refractivity contribution in [1.82, 2.24) is 14.8 Å². The van der Waals surface area contributed by atoms with Crippen molar-refractivity contribution in [3.63, 3.8) is 0 Å². The van der Waals surface area contributed by atoms with Gasteiger partial charge in [-0.3, -0.25) is 4.79 Å². The van der Waals surface area contributed by atoms with Crippen LogP contribution >= 0.6 is 23.4 Å². The van der Waals surface area contributed by atoms with Crippen LogP contribution in [0.15, 0.2) is 40.1 Å². The summed E-state index contributed by atoms with van der Waals surface area (Å²) in [6.45, 7) is 0. The van der Waals surface area contributed by atoms with Crippen LogP contribution in [0.5, 0.6) is 11.5 Å². The van der Waals surface area contributed by atoms with Crippen LogP contribution in [0.1, 0.15) is 0 Å². The molecule has 0 radical (unpaired) electrons. The van der Waals surface area contributed by atoms with Gasteiger partial charge in [0.25, 0.3) is 0 Å². The summed E-state index contributed by atoms with van der Waals surface area (Å²) in [6, 6.07) is 6.77. The second-order valence-corrected chi connectivity index (χ2v) is 6.72. The molecule has 1 aromatic carbocycles. The number of amides is 1. The largest absolute Gasteiger partial charge is 0.495 e. The van der Waals surface area contributed by atoms with E-state index in [9.17, 15) is 4.79 Å². The predicted molar refractivity (Wildman–Crippen MR) is 103 cm³/mol. The first-order valence-corrected chi connectivity index (χ1v) is 9.17. The van der Waals surface area contributed by atoms with Crippen LogP contribution < -0.4 is 14.8 Å². The van der Waals surface area contributed by atoms with Gasteiger partial charge in [0.15, 0.2) is 16.7 Å². The third kappa shape index (κ3) is 4.20. The van der Waals surface area contributed by atoms with E-state index in [2.05, 4.69) is 15.5 Å². The fraction of sp³-hybridized carbons (Fsp3) is 0.235. The maximum absolute atomic E-state index is 12.3. The number of carbonyl (C=O) groups excluding carboxylic acids is 1. The van der Waals surface area contributed by atoms with E-state index >= 15 is 0 Å². The molecular weight excluding hydrogens is 392 g/mol. The molecule has 0 aliphatic carbocycles. The van der Waals surface area contributed by atoms with Crippen LogP contribution in [0.3, 0.4) is 0 Å². The van der Waals surface area contributed by atoms with Crippen LogP contribution in [0, 0.1) is 0 Å². The zero-order valence-electron chi connectivity index (χ0n) is 14.9. The van der Waals surface area contributed by atoms with Gasteiger partial charge >= 0.3 is 0 Å². The number of thioether (sulfide) groups is 1. The van der Waals surface area contributed by atoms with Crippen molar-refractivity contribution >= 4 is 35.0 Å². The molecule has 27 heavy (non-hydrogen) atoms. The Hall–Kier alpha value is -2.65. The van der Waals surface area contributed by atoms with Crippen molar-refractivity contribution in [3.05, 3.63) is 35.6 Å². The van der Waals surface area contributed by atoms with Crippen molar-refractivity contribution < 1.29 is 18.7 Å². The number of methoxy groups -OCH3 is 2. The maximum atomic E-state index is 12.3. The summed E-state index contributed by atoms with van der Waals surface area (Å²) in [5.41, 5.74) is 0.471. The minimum Gasteiger partial charge on any atom is -0.495 e. The molecule has 1 N–H and O–H groups in total. The minimum atomic E-state index is -0.231. The number of ether oxygens (including phenoxy) is 2. The highest BCUT2D eigenvalue weighted by Crippen LogP contribution is 2.36. The predicted octanol–water partition coefficient (Wildman–Crippen LogP) is 3.48. The Labute approximate surface area is 164 Å². The molecule has 0 spiro atoms. The lowest BCUT2D eigenvalue weighted by molar-refractivity contribution is -0.113. The van der Waals surface area contributed by atoms with E-state index in [-0.39, 0.29) is 11.7 Å². The van der Waals surface area contributed by atoms with Gasteiger partial charge in [-0.15, -0.1) is 10.2 Å². The first kappa shape index (κ1) is 19.1. The Kier molecular flexibility index (Phi) is 5.92. The fourth-order valence-electron chi connectivity index (χ4n) is 2.34. The number of carbonyl (C=O) groups is 1. The number of halogens is 1. The molecule has 8 nitrogen and oxygen atoms in total. The summed E-state index contributed by atoms with van der Waals surface area (Å²) in [6.07, 6.45) is 1.57. The summed E-state index contributed by atoms with van der Waals surface area (Å²) < 4.78 is 17.5. The Morgan fingerprint density at radius 3 is 2.74 bits per heavy atom. The van der Waals surface area contributed by atoms with Gasteiger partial charge < -0.3 is 23.8 Å². The van der Waals surface area contributed by atoms with Gasteiger partial charge in [0.05, 0.1) is 36.9 Å². The van der Waals surface area contributed by atoms with E-state index in [1.807, 2.05) is 7.05 Å². The molecule has 0 bridgehead atoms. The molecule has 0 atom stereocenters. The van der Waals surface area contributed by atoms with E-state index in [0.29, 0.717) is 39.0 Å². The second-order valence-electron chi connectivity index (χ2n) is 5.37. The summed E-state index contributed by atoms with van der Waals surface area (Å²) >= 11 is 7.33. The fourth-order valence-corrected chi connectivity index (χ4v) is 3.28. The van der Waals surface area contributed by atoms with Crippen molar-refractivity contribution in [2.45, 2.75) is 5.16 Å². The summed E-state index contributed by atoms with van der Waals surface area (Å²) in [4.78, 5) is 12.3. The molecule has 0 aliphatic heterocycles. The molecular formula is C17H17ClN4O4S. The average Bonchev–Trinajstić information content (AvgIpc) is 3.30. The molecule has 0 unspecified atom stereocenters. The first-order chi connectivity index (χ1) is 13.0. The summed E-state index contributed by atoms with van der Waals surface area (Å²) in [5.74, 6) is 1.99. The highest BCUT2D eigenvalue weighted by molar-refractivity contribution is 7.99. The Bertz CT molecular complexity index is 943. The highest BCUT2D eigenvalue weighted by Gasteiger charge is 2.16. The maximum Gasteiger partial charge on any atom is 0.234 e. The molecule has 3 rings (SSSR count). The standard InChI is InChI=1S/C17H17ClN4O4S/c1-22-16(12-5-4-6-26-12)20-21-17(22)27-9-15(23)19-11-8-13(24-2)10(18)7-14(11)25-3/h4-8H,9H2,1-3H3,(H,19,23). The van der Waals surface area contributed by atoms with Gasteiger partial charge in [-0.05, 0) is 12.1 Å². The SMILES string of the molecule is COc1cc(NC(=O)CSc2nnc(-c3ccco3)n2C)c(OC)cc1Cl. The average molecular weight is 409 g/mol. The van der Waals surface area contributed by atoms with E-state index in [4.69, 9.17) is 25.5 Å². The van der Waals surface area contributed by atoms with Gasteiger partial charge in [-0.2, -0.15) is 0 Å². The van der Waals surface area contributed by atoms with E-state index in [0.717, 1.165) is 0 Å². The summed E-state index contributed by atoms with van der Waals surface area (Å²) in [5, 5.41) is 12.0. The molecule has 10 heteroatoms. The monoisotopic (exact) mass is 408 g/mol. The van der Waals surface area contributed by atoms with Gasteiger partial charge in [-0.1, -0.05) is 23.4 Å². The molecule has 0 saturated carbocycles. The van der Waals surface area contributed by atoms with Gasteiger partial charge in [0.2, 0.25) is 5.91 Å². The number of benzene rings is 1. The lowest BCUT2D eigenvalue weighted by atomic mass is 10.2. The topological polar surface area (TPSA) is 91.4 Å². The smallest absolute Gasteiger partial charge is 0.234 e. The third-order valence-electron chi connectivity index (χ3n) is 3.66. The number of rotatable bonds is 7. The number of furan rings is 1. The van der Waals surface area contributed by atoms with E-state index < -0.39 is 0 Å². The zero-order valence-corrected chi connectivity index (χ0v) is 16.4. The molecule has 2 heterocycles. The molecule has 0 fully saturated rings. The number of nitrogens with zero attached hydrogens (tertiary/aromatic N) is 3. The van der Waals surface area contributed by atoms with Crippen LogP contribution in [0.25, 0.3) is 11.6 Å². The molecule has 142 valence electrons. The molecule has 3 aromatic rings. The van der Waals surface area contributed by atoms with E-state index in [1.54, 1.807) is 35.1 Å². The van der Waals surface area contributed by atoms with Crippen LogP contribution in [-0.2, 0) is 11.8 Å². The second kappa shape index (κ2) is 8.36. The van der Waals surface area contributed by atoms with E-state index in [1.165, 1.54) is 26.0 Å². The summed E-state index contributed by atoms with van der Waals surface area (Å²) in [7, 11) is 4.81. The van der Waals surface area contributed by atoms with Crippen molar-refractivity contribution in [2.75, 3.05) is 25.3 Å². The molecule has 0 aliphatic rings. The lowest BCUT2D eigenvalue weighted by Crippen LogP contribution is -2.15. The van der Waals surface area contributed by atoms with Crippen LogP contribution in [0.2, 0.25) is 5.02 Å². The Balaban J connectivity index is 1.67. The van der Waals surface area contributed by atoms with Crippen molar-refractivity contribution in [3.8, 4) is 23.1 Å². The number of aromatic nitrogens is 3. The quantitative estimate of drug-likeness (QED) is 0.598. The van der Waals surface area contributed by atoms with Gasteiger partial charge in [0.1, 0.15) is 11.5 Å².